The molecule has 0 unspecified atom stereocenters. The van der Waals surface area contributed by atoms with Gasteiger partial charge in [-0.15, -0.1) is 0 Å². The minimum atomic E-state index is 0.604. The van der Waals surface area contributed by atoms with Gasteiger partial charge in [-0.25, -0.2) is 15.0 Å². The van der Waals surface area contributed by atoms with E-state index in [0.29, 0.717) is 17.5 Å². The van der Waals surface area contributed by atoms with Crippen LogP contribution in [0.1, 0.15) is 0 Å². The molecule has 0 amide bonds. The molecule has 5 heteroatoms. The number of hydrogen-bond acceptors (Lipinski definition) is 4. The van der Waals surface area contributed by atoms with Gasteiger partial charge in [0.05, 0.1) is 11.0 Å². The van der Waals surface area contributed by atoms with E-state index in [9.17, 15) is 0 Å². The number of hydrogen-bond donors (Lipinski definition) is 0. The molecule has 0 radical (unpaired) electrons. The minimum Gasteiger partial charge on any atom is -0.456 e. The first-order chi connectivity index (χ1) is 29.7. The number of nitrogens with zero attached hydrogens (tertiary/aromatic N) is 4. The summed E-state index contributed by atoms with van der Waals surface area (Å²) in [5, 5.41) is 7.03. The van der Waals surface area contributed by atoms with Crippen molar-refractivity contribution in [2.45, 2.75) is 0 Å². The van der Waals surface area contributed by atoms with E-state index >= 15 is 0 Å². The summed E-state index contributed by atoms with van der Waals surface area (Å²) in [5.74, 6) is 1.83. The van der Waals surface area contributed by atoms with E-state index in [4.69, 9.17) is 19.4 Å². The maximum absolute atomic E-state index is 6.14. The third-order valence-corrected chi connectivity index (χ3v) is 11.6. The molecule has 0 atom stereocenters. The van der Waals surface area contributed by atoms with E-state index in [0.717, 1.165) is 55.4 Å². The normalized spacial score (nSPS) is 11.7. The monoisotopic (exact) mass is 766 g/mol. The summed E-state index contributed by atoms with van der Waals surface area (Å²) in [4.78, 5) is 15.2. The molecule has 280 valence electrons. The maximum Gasteiger partial charge on any atom is 0.164 e. The van der Waals surface area contributed by atoms with Crippen LogP contribution >= 0.6 is 0 Å². The number of rotatable bonds is 6. The van der Waals surface area contributed by atoms with E-state index in [1.165, 1.54) is 43.7 Å². The van der Waals surface area contributed by atoms with E-state index in [-0.39, 0.29) is 0 Å². The Morgan fingerprint density at radius 3 is 1.77 bits per heavy atom. The summed E-state index contributed by atoms with van der Waals surface area (Å²) in [6.07, 6.45) is 0. The van der Waals surface area contributed by atoms with Crippen LogP contribution in [0.4, 0.5) is 0 Å². The van der Waals surface area contributed by atoms with Crippen molar-refractivity contribution in [3.8, 4) is 62.1 Å². The highest BCUT2D eigenvalue weighted by atomic mass is 16.3. The van der Waals surface area contributed by atoms with Gasteiger partial charge in [-0.3, -0.25) is 0 Å². The summed E-state index contributed by atoms with van der Waals surface area (Å²) < 4.78 is 8.54. The topological polar surface area (TPSA) is 56.7 Å². The zero-order chi connectivity index (χ0) is 39.6. The van der Waals surface area contributed by atoms with E-state index in [1.807, 2.05) is 60.7 Å². The Labute approximate surface area is 345 Å². The lowest BCUT2D eigenvalue weighted by molar-refractivity contribution is 0.669. The lowest BCUT2D eigenvalue weighted by Crippen LogP contribution is -2.00. The number of aromatic nitrogens is 4. The van der Waals surface area contributed by atoms with Crippen molar-refractivity contribution in [3.63, 3.8) is 0 Å². The van der Waals surface area contributed by atoms with E-state index in [1.54, 1.807) is 0 Å². The summed E-state index contributed by atoms with van der Waals surface area (Å²) in [6.45, 7) is 0. The number of furan rings is 1. The SMILES string of the molecule is c1ccc(-c2nc(-c3cccc(-c4cccc(-n5c6ccccc6c6ccc(-c7cccc8ccccc78)cc65)c4)c3)nc(-c3ccc4oc5ccccc5c4c3)n2)cc1. The van der Waals surface area contributed by atoms with Crippen molar-refractivity contribution in [3.05, 3.63) is 206 Å². The van der Waals surface area contributed by atoms with Crippen LogP contribution in [0.15, 0.2) is 211 Å². The van der Waals surface area contributed by atoms with E-state index < -0.39 is 0 Å². The summed E-state index contributed by atoms with van der Waals surface area (Å²) in [5.41, 5.74) is 12.4. The molecule has 0 aliphatic heterocycles. The molecule has 0 aliphatic carbocycles. The second-order valence-electron chi connectivity index (χ2n) is 15.2. The highest BCUT2D eigenvalue weighted by Gasteiger charge is 2.17. The predicted molar refractivity (Wildman–Crippen MR) is 246 cm³/mol. The number of para-hydroxylation sites is 2. The van der Waals surface area contributed by atoms with Crippen LogP contribution in [-0.2, 0) is 0 Å². The molecule has 12 rings (SSSR count). The maximum atomic E-state index is 6.14. The van der Waals surface area contributed by atoms with Gasteiger partial charge in [0, 0.05) is 43.9 Å². The second-order valence-corrected chi connectivity index (χ2v) is 15.2. The molecule has 0 aliphatic rings. The largest absolute Gasteiger partial charge is 0.456 e. The fourth-order valence-corrected chi connectivity index (χ4v) is 8.77. The molecule has 9 aromatic carbocycles. The second kappa shape index (κ2) is 13.8. The molecule has 60 heavy (non-hydrogen) atoms. The van der Waals surface area contributed by atoms with Gasteiger partial charge in [-0.1, -0.05) is 152 Å². The van der Waals surface area contributed by atoms with Crippen LogP contribution in [0, 0.1) is 0 Å². The highest BCUT2D eigenvalue weighted by Crippen LogP contribution is 2.38. The molecule has 12 aromatic rings. The van der Waals surface area contributed by atoms with Gasteiger partial charge in [0.1, 0.15) is 11.2 Å². The molecular weight excluding hydrogens is 733 g/mol. The van der Waals surface area contributed by atoms with Crippen molar-refractivity contribution in [1.82, 2.24) is 19.5 Å². The molecular formula is C55H34N4O. The molecule has 3 heterocycles. The van der Waals surface area contributed by atoms with Gasteiger partial charge >= 0.3 is 0 Å². The molecule has 0 bridgehead atoms. The van der Waals surface area contributed by atoms with Crippen molar-refractivity contribution in [2.75, 3.05) is 0 Å². The van der Waals surface area contributed by atoms with Gasteiger partial charge in [0.25, 0.3) is 0 Å². The van der Waals surface area contributed by atoms with Crippen LogP contribution in [-0.4, -0.2) is 19.5 Å². The minimum absolute atomic E-state index is 0.604. The molecule has 5 nitrogen and oxygen atoms in total. The Kier molecular flexibility index (Phi) is 7.78. The lowest BCUT2D eigenvalue weighted by Gasteiger charge is -2.13. The molecule has 3 aromatic heterocycles. The molecule has 0 N–H and O–H groups in total. The Bertz CT molecular complexity index is 3610. The van der Waals surface area contributed by atoms with Gasteiger partial charge in [0.2, 0.25) is 0 Å². The molecule has 0 spiro atoms. The smallest absolute Gasteiger partial charge is 0.164 e. The molecule has 0 saturated heterocycles. The zero-order valence-corrected chi connectivity index (χ0v) is 32.3. The van der Waals surface area contributed by atoms with Gasteiger partial charge in [-0.05, 0) is 87.6 Å². The first kappa shape index (κ1) is 33.9. The van der Waals surface area contributed by atoms with Crippen LogP contribution < -0.4 is 0 Å². The molecule has 0 saturated carbocycles. The van der Waals surface area contributed by atoms with Crippen LogP contribution in [0.25, 0.3) is 117 Å². The van der Waals surface area contributed by atoms with Crippen molar-refractivity contribution in [1.29, 1.82) is 0 Å². The first-order valence-corrected chi connectivity index (χ1v) is 20.2. The Morgan fingerprint density at radius 2 is 0.900 bits per heavy atom. The fraction of sp³-hybridized carbons (Fsp3) is 0. The summed E-state index contributed by atoms with van der Waals surface area (Å²) >= 11 is 0. The predicted octanol–water partition coefficient (Wildman–Crippen LogP) is 14.4. The molecule has 0 fully saturated rings. The standard InChI is InChI=1S/C55H34N4O/c1-2-14-36(15-3-1)53-56-54(58-55(57-53)41-28-30-52-48(33-41)47-23-7-9-26-51(47)60-52)40-19-10-17-37(31-40)38-18-11-20-42(32-38)59-49-25-8-6-22-45(49)46-29-27-39(34-50(46)59)44-24-12-16-35-13-4-5-21-43(35)44/h1-34H. The highest BCUT2D eigenvalue weighted by molar-refractivity contribution is 6.11. The van der Waals surface area contributed by atoms with Gasteiger partial charge in [-0.2, -0.15) is 0 Å². The number of fused-ring (bicyclic) bond motifs is 7. The van der Waals surface area contributed by atoms with Crippen LogP contribution in [0.3, 0.4) is 0 Å². The quantitative estimate of drug-likeness (QED) is 0.169. The average molecular weight is 767 g/mol. The summed E-state index contributed by atoms with van der Waals surface area (Å²) in [6, 6.07) is 72.4. The van der Waals surface area contributed by atoms with Crippen molar-refractivity contribution < 1.29 is 4.42 Å². The van der Waals surface area contributed by atoms with Crippen molar-refractivity contribution >= 4 is 54.5 Å². The fourth-order valence-electron chi connectivity index (χ4n) is 8.77. The Balaban J connectivity index is 0.979. The van der Waals surface area contributed by atoms with Crippen LogP contribution in [0.5, 0.6) is 0 Å². The lowest BCUT2D eigenvalue weighted by atomic mass is 9.97. The van der Waals surface area contributed by atoms with Crippen molar-refractivity contribution in [2.24, 2.45) is 0 Å². The summed E-state index contributed by atoms with van der Waals surface area (Å²) in [7, 11) is 0. The van der Waals surface area contributed by atoms with Crippen LogP contribution in [0.2, 0.25) is 0 Å². The van der Waals surface area contributed by atoms with Gasteiger partial charge in [0.15, 0.2) is 17.5 Å². The zero-order valence-electron chi connectivity index (χ0n) is 32.3. The third-order valence-electron chi connectivity index (χ3n) is 11.6. The average Bonchev–Trinajstić information content (AvgIpc) is 3.86. The van der Waals surface area contributed by atoms with E-state index in [2.05, 4.69) is 150 Å². The Morgan fingerprint density at radius 1 is 0.317 bits per heavy atom. The number of benzene rings is 9. The third kappa shape index (κ3) is 5.67. The Hall–Kier alpha value is -8.15. The first-order valence-electron chi connectivity index (χ1n) is 20.2. The van der Waals surface area contributed by atoms with Gasteiger partial charge < -0.3 is 8.98 Å².